The topological polar surface area (TPSA) is 74.2 Å². The predicted octanol–water partition coefficient (Wildman–Crippen LogP) is 3.32. The van der Waals surface area contributed by atoms with Crippen LogP contribution in [0.3, 0.4) is 0 Å². The van der Waals surface area contributed by atoms with Crippen LogP contribution in [0.15, 0.2) is 36.4 Å². The highest BCUT2D eigenvalue weighted by Gasteiger charge is 2.15. The zero-order valence-corrected chi connectivity index (χ0v) is 14.5. The van der Waals surface area contributed by atoms with Gasteiger partial charge in [0.1, 0.15) is 0 Å². The van der Waals surface area contributed by atoms with Crippen LogP contribution in [0, 0.1) is 0 Å². The zero-order chi connectivity index (χ0) is 18.4. The first-order valence-electron chi connectivity index (χ1n) is 7.43. The molecule has 0 aliphatic heterocycles. The molecule has 2 rings (SSSR count). The quantitative estimate of drug-likeness (QED) is 0.613. The Kier molecular flexibility index (Phi) is 5.89. The van der Waals surface area contributed by atoms with Gasteiger partial charge in [0, 0.05) is 5.56 Å². The molecule has 0 spiro atoms. The van der Waals surface area contributed by atoms with E-state index >= 15 is 0 Å². The van der Waals surface area contributed by atoms with E-state index in [9.17, 15) is 9.90 Å². The van der Waals surface area contributed by atoms with Gasteiger partial charge in [-0.2, -0.15) is 0 Å². The third kappa shape index (κ3) is 4.03. The van der Waals surface area contributed by atoms with Gasteiger partial charge in [0.2, 0.25) is 5.75 Å². The van der Waals surface area contributed by atoms with Gasteiger partial charge in [-0.3, -0.25) is 4.79 Å². The van der Waals surface area contributed by atoms with E-state index in [1.807, 2.05) is 0 Å². The zero-order valence-electron chi connectivity index (χ0n) is 14.5. The van der Waals surface area contributed by atoms with Crippen LogP contribution < -0.4 is 18.9 Å². The maximum absolute atomic E-state index is 12.5. The number of ether oxygens (including phenoxy) is 4. The number of methoxy groups -OCH3 is 4. The Morgan fingerprint density at radius 3 is 2.00 bits per heavy atom. The van der Waals surface area contributed by atoms with E-state index in [-0.39, 0.29) is 11.5 Å². The molecule has 0 amide bonds. The summed E-state index contributed by atoms with van der Waals surface area (Å²) >= 11 is 0. The van der Waals surface area contributed by atoms with Crippen molar-refractivity contribution in [1.82, 2.24) is 0 Å². The smallest absolute Gasteiger partial charge is 0.203 e. The second-order valence-corrected chi connectivity index (χ2v) is 5.04. The molecule has 6 nitrogen and oxygen atoms in total. The summed E-state index contributed by atoms with van der Waals surface area (Å²) in [5.74, 6) is 1.38. The fourth-order valence-corrected chi connectivity index (χ4v) is 2.29. The average Bonchev–Trinajstić information content (AvgIpc) is 2.65. The Labute approximate surface area is 146 Å². The molecule has 6 heteroatoms. The maximum Gasteiger partial charge on any atom is 0.203 e. The number of benzene rings is 2. The minimum absolute atomic E-state index is 0.0376. The Balaban J connectivity index is 2.31. The third-order valence-corrected chi connectivity index (χ3v) is 3.58. The van der Waals surface area contributed by atoms with E-state index in [1.165, 1.54) is 40.6 Å². The molecule has 2 aromatic rings. The molecule has 0 aliphatic carbocycles. The molecule has 132 valence electrons. The summed E-state index contributed by atoms with van der Waals surface area (Å²) in [4.78, 5) is 12.5. The third-order valence-electron chi connectivity index (χ3n) is 3.58. The van der Waals surface area contributed by atoms with Crippen molar-refractivity contribution in [2.75, 3.05) is 28.4 Å². The maximum atomic E-state index is 12.5. The molecule has 0 heterocycles. The number of hydrogen-bond donors (Lipinski definition) is 1. The van der Waals surface area contributed by atoms with Crippen LogP contribution >= 0.6 is 0 Å². The molecule has 0 saturated heterocycles. The Morgan fingerprint density at radius 2 is 1.48 bits per heavy atom. The Hall–Kier alpha value is -3.15. The first-order valence-corrected chi connectivity index (χ1v) is 7.43. The molecule has 0 aliphatic rings. The van der Waals surface area contributed by atoms with Crippen molar-refractivity contribution in [3.05, 3.63) is 47.5 Å². The minimum Gasteiger partial charge on any atom is -0.504 e. The van der Waals surface area contributed by atoms with E-state index in [1.54, 1.807) is 30.3 Å². The predicted molar refractivity (Wildman–Crippen MR) is 94.1 cm³/mol. The van der Waals surface area contributed by atoms with Gasteiger partial charge in [-0.1, -0.05) is 12.1 Å². The number of allylic oxidation sites excluding steroid dienone is 1. The SMILES string of the molecule is COc1cc(/C=C/C(=O)c2cc(OC)c(OC)c(OC)c2)ccc1O. The van der Waals surface area contributed by atoms with Crippen LogP contribution in [0.2, 0.25) is 0 Å². The van der Waals surface area contributed by atoms with Crippen LogP contribution in [0.25, 0.3) is 6.08 Å². The van der Waals surface area contributed by atoms with Crippen molar-refractivity contribution in [2.45, 2.75) is 0 Å². The van der Waals surface area contributed by atoms with Gasteiger partial charge in [0.15, 0.2) is 28.8 Å². The van der Waals surface area contributed by atoms with Crippen molar-refractivity contribution in [2.24, 2.45) is 0 Å². The van der Waals surface area contributed by atoms with Crippen molar-refractivity contribution in [3.8, 4) is 28.7 Å². The average molecular weight is 344 g/mol. The first-order chi connectivity index (χ1) is 12.0. The summed E-state index contributed by atoms with van der Waals surface area (Å²) in [6, 6.07) is 7.99. The van der Waals surface area contributed by atoms with Gasteiger partial charge < -0.3 is 24.1 Å². The largest absolute Gasteiger partial charge is 0.504 e. The van der Waals surface area contributed by atoms with E-state index in [2.05, 4.69) is 0 Å². The lowest BCUT2D eigenvalue weighted by Gasteiger charge is -2.13. The number of phenolic OH excluding ortho intramolecular Hbond substituents is 1. The van der Waals surface area contributed by atoms with Gasteiger partial charge in [-0.25, -0.2) is 0 Å². The van der Waals surface area contributed by atoms with Gasteiger partial charge in [-0.05, 0) is 35.9 Å². The van der Waals surface area contributed by atoms with Crippen LogP contribution in [-0.4, -0.2) is 39.3 Å². The van der Waals surface area contributed by atoms with Crippen molar-refractivity contribution >= 4 is 11.9 Å². The molecule has 0 saturated carbocycles. The normalized spacial score (nSPS) is 10.6. The molecule has 0 bridgehead atoms. The lowest BCUT2D eigenvalue weighted by Crippen LogP contribution is -2.00. The summed E-state index contributed by atoms with van der Waals surface area (Å²) in [5, 5.41) is 9.60. The van der Waals surface area contributed by atoms with Gasteiger partial charge in [0.25, 0.3) is 0 Å². The fourth-order valence-electron chi connectivity index (χ4n) is 2.29. The molecule has 25 heavy (non-hydrogen) atoms. The highest BCUT2D eigenvalue weighted by Crippen LogP contribution is 2.38. The molecular formula is C19H20O6. The summed E-state index contributed by atoms with van der Waals surface area (Å²) in [7, 11) is 5.94. The second kappa shape index (κ2) is 8.10. The number of rotatable bonds is 7. The van der Waals surface area contributed by atoms with Crippen molar-refractivity contribution in [1.29, 1.82) is 0 Å². The number of ketones is 1. The second-order valence-electron chi connectivity index (χ2n) is 5.04. The van der Waals surface area contributed by atoms with Crippen molar-refractivity contribution < 1.29 is 28.8 Å². The standard InChI is InChI=1S/C19H20O6/c1-22-16-9-12(6-8-15(16)21)5-7-14(20)13-10-17(23-2)19(25-4)18(11-13)24-3/h5-11,21H,1-4H3/b7-5+. The fraction of sp³-hybridized carbons (Fsp3) is 0.211. The van der Waals surface area contributed by atoms with Crippen molar-refractivity contribution in [3.63, 3.8) is 0 Å². The summed E-state index contributed by atoms with van der Waals surface area (Å²) in [5.41, 5.74) is 1.12. The van der Waals surface area contributed by atoms with E-state index < -0.39 is 0 Å². The van der Waals surface area contributed by atoms with Gasteiger partial charge >= 0.3 is 0 Å². The molecule has 2 aromatic carbocycles. The monoisotopic (exact) mass is 344 g/mol. The Morgan fingerprint density at radius 1 is 0.880 bits per heavy atom. The van der Waals surface area contributed by atoms with Crippen LogP contribution in [-0.2, 0) is 0 Å². The number of hydrogen-bond acceptors (Lipinski definition) is 6. The number of aromatic hydroxyl groups is 1. The summed E-state index contributed by atoms with van der Waals surface area (Å²) in [6.45, 7) is 0. The number of phenols is 1. The van der Waals surface area contributed by atoms with Gasteiger partial charge in [0.05, 0.1) is 28.4 Å². The van der Waals surface area contributed by atoms with Crippen LogP contribution in [0.4, 0.5) is 0 Å². The van der Waals surface area contributed by atoms with Crippen LogP contribution in [0.5, 0.6) is 28.7 Å². The molecule has 0 radical (unpaired) electrons. The number of carbonyl (C=O) groups is 1. The lowest BCUT2D eigenvalue weighted by atomic mass is 10.1. The van der Waals surface area contributed by atoms with E-state index in [0.29, 0.717) is 28.6 Å². The van der Waals surface area contributed by atoms with E-state index in [4.69, 9.17) is 18.9 Å². The Bertz CT molecular complexity index is 769. The molecule has 0 atom stereocenters. The number of carbonyl (C=O) groups excluding carboxylic acids is 1. The van der Waals surface area contributed by atoms with Gasteiger partial charge in [-0.15, -0.1) is 0 Å². The molecule has 0 fully saturated rings. The van der Waals surface area contributed by atoms with E-state index in [0.717, 1.165) is 5.56 Å². The highest BCUT2D eigenvalue weighted by atomic mass is 16.5. The summed E-state index contributed by atoms with van der Waals surface area (Å²) < 4.78 is 20.8. The molecule has 0 aromatic heterocycles. The van der Waals surface area contributed by atoms with Crippen LogP contribution in [0.1, 0.15) is 15.9 Å². The molecular weight excluding hydrogens is 324 g/mol. The molecule has 0 unspecified atom stereocenters. The first kappa shape index (κ1) is 18.2. The minimum atomic E-state index is -0.230. The highest BCUT2D eigenvalue weighted by molar-refractivity contribution is 6.07. The lowest BCUT2D eigenvalue weighted by molar-refractivity contribution is 0.104. The molecule has 1 N–H and O–H groups in total. The summed E-state index contributed by atoms with van der Waals surface area (Å²) in [6.07, 6.45) is 3.06.